The van der Waals surface area contributed by atoms with Crippen LogP contribution in [0.4, 0.5) is 4.39 Å². The van der Waals surface area contributed by atoms with Crippen molar-refractivity contribution in [3.8, 4) is 0 Å². The molecule has 4 nitrogen and oxygen atoms in total. The molecule has 1 heterocycles. The highest BCUT2D eigenvalue weighted by atomic mass is 19.1. The minimum Gasteiger partial charge on any atom is -0.481 e. The van der Waals surface area contributed by atoms with Gasteiger partial charge in [-0.1, -0.05) is 12.1 Å². The topological polar surface area (TPSA) is 57.6 Å². The number of piperidine rings is 1. The summed E-state index contributed by atoms with van der Waals surface area (Å²) in [5.41, 5.74) is -1.20. The molecule has 120 valence electrons. The van der Waals surface area contributed by atoms with Crippen LogP contribution in [0.2, 0.25) is 0 Å². The first kappa shape index (κ1) is 16.5. The zero-order chi connectivity index (χ0) is 16.5. The number of nitrogens with zero attached hydrogens (tertiary/aromatic N) is 1. The van der Waals surface area contributed by atoms with Gasteiger partial charge in [-0.25, -0.2) is 4.39 Å². The first-order chi connectivity index (χ1) is 10.2. The van der Waals surface area contributed by atoms with E-state index in [0.29, 0.717) is 24.9 Å². The van der Waals surface area contributed by atoms with Gasteiger partial charge in [-0.05, 0) is 51.3 Å². The van der Waals surface area contributed by atoms with E-state index in [1.165, 1.54) is 12.1 Å². The van der Waals surface area contributed by atoms with Crippen LogP contribution in [0, 0.1) is 11.2 Å². The van der Waals surface area contributed by atoms with Crippen molar-refractivity contribution >= 4 is 11.9 Å². The molecule has 5 heteroatoms. The van der Waals surface area contributed by atoms with Crippen molar-refractivity contribution in [3.05, 3.63) is 35.6 Å². The van der Waals surface area contributed by atoms with Crippen molar-refractivity contribution in [2.45, 2.75) is 39.0 Å². The third-order valence-electron chi connectivity index (χ3n) is 4.58. The monoisotopic (exact) mass is 307 g/mol. The number of amides is 1. The predicted molar refractivity (Wildman–Crippen MR) is 81.0 cm³/mol. The third-order valence-corrected chi connectivity index (χ3v) is 4.58. The molecule has 1 saturated heterocycles. The molecule has 1 aliphatic rings. The van der Waals surface area contributed by atoms with Crippen LogP contribution < -0.4 is 0 Å². The number of aliphatic carboxylic acids is 1. The van der Waals surface area contributed by atoms with E-state index < -0.39 is 16.8 Å². The summed E-state index contributed by atoms with van der Waals surface area (Å²) < 4.78 is 13.4. The standard InChI is InChI=1S/C17H22FNO3/c1-16(2,12-6-4-7-13(18)10-12)14(20)19-9-5-8-17(3,11-19)15(21)22/h4,6-7,10H,5,8-9,11H2,1-3H3,(H,21,22). The van der Waals surface area contributed by atoms with Crippen LogP contribution in [0.1, 0.15) is 39.2 Å². The summed E-state index contributed by atoms with van der Waals surface area (Å²) in [7, 11) is 0. The summed E-state index contributed by atoms with van der Waals surface area (Å²) in [6.07, 6.45) is 1.22. The lowest BCUT2D eigenvalue weighted by atomic mass is 9.78. The van der Waals surface area contributed by atoms with Crippen molar-refractivity contribution < 1.29 is 19.1 Å². The summed E-state index contributed by atoms with van der Waals surface area (Å²) in [5.74, 6) is -1.42. The van der Waals surface area contributed by atoms with E-state index in [2.05, 4.69) is 0 Å². The Balaban J connectivity index is 2.25. The fraction of sp³-hybridized carbons (Fsp3) is 0.529. The molecular weight excluding hydrogens is 285 g/mol. The summed E-state index contributed by atoms with van der Waals surface area (Å²) in [4.78, 5) is 25.9. The highest BCUT2D eigenvalue weighted by Crippen LogP contribution is 2.33. The smallest absolute Gasteiger partial charge is 0.311 e. The number of hydrogen-bond donors (Lipinski definition) is 1. The molecular formula is C17H22FNO3. The number of carbonyl (C=O) groups is 2. The fourth-order valence-electron chi connectivity index (χ4n) is 2.98. The molecule has 1 fully saturated rings. The fourth-order valence-corrected chi connectivity index (χ4v) is 2.98. The normalized spacial score (nSPS) is 22.5. The van der Waals surface area contributed by atoms with Gasteiger partial charge in [0.15, 0.2) is 0 Å². The number of rotatable bonds is 3. The Morgan fingerprint density at radius 2 is 2.05 bits per heavy atom. The minimum atomic E-state index is -0.911. The molecule has 1 atom stereocenters. The first-order valence-electron chi connectivity index (χ1n) is 7.46. The number of halogens is 1. The van der Waals surface area contributed by atoms with Gasteiger partial charge in [-0.15, -0.1) is 0 Å². The van der Waals surface area contributed by atoms with Crippen LogP contribution in [0.3, 0.4) is 0 Å². The molecule has 0 spiro atoms. The number of carbonyl (C=O) groups excluding carboxylic acids is 1. The number of hydrogen-bond acceptors (Lipinski definition) is 2. The van der Waals surface area contributed by atoms with Crippen LogP contribution in [0.15, 0.2) is 24.3 Å². The van der Waals surface area contributed by atoms with Crippen molar-refractivity contribution in [1.82, 2.24) is 4.90 Å². The highest BCUT2D eigenvalue weighted by molar-refractivity contribution is 5.88. The number of likely N-dealkylation sites (tertiary alicyclic amines) is 1. The number of carboxylic acids is 1. The number of benzene rings is 1. The zero-order valence-electron chi connectivity index (χ0n) is 13.2. The van der Waals surface area contributed by atoms with Crippen LogP contribution in [-0.2, 0) is 15.0 Å². The summed E-state index contributed by atoms with van der Waals surface area (Å²) in [6.45, 7) is 5.90. The maximum Gasteiger partial charge on any atom is 0.311 e. The van der Waals surface area contributed by atoms with E-state index in [0.717, 1.165) is 0 Å². The lowest BCUT2D eigenvalue weighted by Gasteiger charge is -2.41. The Labute approximate surface area is 129 Å². The Hall–Kier alpha value is -1.91. The predicted octanol–water partition coefficient (Wildman–Crippen LogP) is 2.82. The van der Waals surface area contributed by atoms with Gasteiger partial charge in [-0.3, -0.25) is 9.59 Å². The van der Waals surface area contributed by atoms with Crippen LogP contribution >= 0.6 is 0 Å². The maximum absolute atomic E-state index is 13.4. The maximum atomic E-state index is 13.4. The molecule has 1 aromatic carbocycles. The molecule has 1 aliphatic heterocycles. The zero-order valence-corrected chi connectivity index (χ0v) is 13.2. The van der Waals surface area contributed by atoms with Gasteiger partial charge in [0.25, 0.3) is 0 Å². The largest absolute Gasteiger partial charge is 0.481 e. The van der Waals surface area contributed by atoms with Gasteiger partial charge < -0.3 is 10.0 Å². The van der Waals surface area contributed by atoms with Gasteiger partial charge in [0.2, 0.25) is 5.91 Å². The lowest BCUT2D eigenvalue weighted by Crippen LogP contribution is -2.52. The molecule has 0 saturated carbocycles. The summed E-state index contributed by atoms with van der Waals surface area (Å²) in [5, 5.41) is 9.37. The summed E-state index contributed by atoms with van der Waals surface area (Å²) in [6, 6.07) is 6.00. The molecule has 1 aromatic rings. The molecule has 0 radical (unpaired) electrons. The summed E-state index contributed by atoms with van der Waals surface area (Å²) >= 11 is 0. The second-order valence-electron chi connectivity index (χ2n) is 6.83. The van der Waals surface area contributed by atoms with Crippen LogP contribution in [0.5, 0.6) is 0 Å². The van der Waals surface area contributed by atoms with Crippen molar-refractivity contribution in [1.29, 1.82) is 0 Å². The van der Waals surface area contributed by atoms with Crippen LogP contribution in [-0.4, -0.2) is 35.0 Å². The van der Waals surface area contributed by atoms with Crippen molar-refractivity contribution in [3.63, 3.8) is 0 Å². The average molecular weight is 307 g/mol. The third kappa shape index (κ3) is 2.98. The molecule has 22 heavy (non-hydrogen) atoms. The quantitative estimate of drug-likeness (QED) is 0.934. The van der Waals surface area contributed by atoms with E-state index in [4.69, 9.17) is 0 Å². The highest BCUT2D eigenvalue weighted by Gasteiger charge is 2.43. The Bertz CT molecular complexity index is 599. The van der Waals surface area contributed by atoms with Gasteiger partial charge in [0.1, 0.15) is 5.82 Å². The Kier molecular flexibility index (Phi) is 4.27. The Morgan fingerprint density at radius 1 is 1.36 bits per heavy atom. The minimum absolute atomic E-state index is 0.162. The van der Waals surface area contributed by atoms with Gasteiger partial charge >= 0.3 is 5.97 Å². The van der Waals surface area contributed by atoms with Crippen LogP contribution in [0.25, 0.3) is 0 Å². The Morgan fingerprint density at radius 3 is 2.64 bits per heavy atom. The molecule has 0 aromatic heterocycles. The van der Waals surface area contributed by atoms with Gasteiger partial charge in [0, 0.05) is 13.1 Å². The SMILES string of the molecule is CC1(C(=O)O)CCCN(C(=O)C(C)(C)c2cccc(F)c2)C1. The van der Waals surface area contributed by atoms with Gasteiger partial charge in [0.05, 0.1) is 10.8 Å². The molecule has 1 amide bonds. The molecule has 1 N–H and O–H groups in total. The molecule has 1 unspecified atom stereocenters. The van der Waals surface area contributed by atoms with E-state index >= 15 is 0 Å². The lowest BCUT2D eigenvalue weighted by molar-refractivity contribution is -0.154. The molecule has 0 bridgehead atoms. The average Bonchev–Trinajstić information content (AvgIpc) is 2.46. The number of carboxylic acid groups (broad SMARTS) is 1. The molecule has 2 rings (SSSR count). The van der Waals surface area contributed by atoms with E-state index in [1.807, 2.05) is 0 Å². The second kappa shape index (κ2) is 5.71. The van der Waals surface area contributed by atoms with Gasteiger partial charge in [-0.2, -0.15) is 0 Å². The first-order valence-corrected chi connectivity index (χ1v) is 7.46. The second-order valence-corrected chi connectivity index (χ2v) is 6.83. The van der Waals surface area contributed by atoms with E-state index in [-0.39, 0.29) is 18.3 Å². The van der Waals surface area contributed by atoms with Crippen molar-refractivity contribution in [2.75, 3.05) is 13.1 Å². The van der Waals surface area contributed by atoms with E-state index in [1.54, 1.807) is 37.8 Å². The van der Waals surface area contributed by atoms with E-state index in [9.17, 15) is 19.1 Å². The molecule has 0 aliphatic carbocycles. The van der Waals surface area contributed by atoms with Crippen molar-refractivity contribution in [2.24, 2.45) is 5.41 Å².